The van der Waals surface area contributed by atoms with Gasteiger partial charge in [-0.05, 0) is 38.3 Å². The second kappa shape index (κ2) is 6.48. The van der Waals surface area contributed by atoms with Gasteiger partial charge in [-0.15, -0.1) is 0 Å². The van der Waals surface area contributed by atoms with E-state index in [1.807, 2.05) is 30.3 Å². The molecule has 102 valence electrons. The molecule has 0 radical (unpaired) electrons. The molecule has 19 heavy (non-hydrogen) atoms. The Balaban J connectivity index is 1.96. The van der Waals surface area contributed by atoms with E-state index >= 15 is 0 Å². The summed E-state index contributed by atoms with van der Waals surface area (Å²) in [4.78, 5) is 23.7. The van der Waals surface area contributed by atoms with Crippen molar-refractivity contribution in [3.63, 3.8) is 0 Å². The highest BCUT2D eigenvalue weighted by atomic mass is 16.2. The number of Topliss-reactive ketones (excluding diaryl/α,β-unsaturated/α-hetero) is 1. The Hall–Kier alpha value is -1.68. The molecule has 2 N–H and O–H groups in total. The zero-order valence-electron chi connectivity index (χ0n) is 11.2. The van der Waals surface area contributed by atoms with Crippen LogP contribution in [0, 0.1) is 0 Å². The first-order chi connectivity index (χ1) is 9.16. The number of hydrogen-bond acceptors (Lipinski definition) is 3. The Morgan fingerprint density at radius 2 is 2.11 bits per heavy atom. The lowest BCUT2D eigenvalue weighted by Crippen LogP contribution is -2.48. The van der Waals surface area contributed by atoms with E-state index in [1.165, 1.54) is 6.92 Å². The van der Waals surface area contributed by atoms with E-state index < -0.39 is 6.04 Å². The lowest BCUT2D eigenvalue weighted by atomic mass is 10.0. The molecule has 0 saturated carbocycles. The normalized spacial score (nSPS) is 19.9. The van der Waals surface area contributed by atoms with Gasteiger partial charge in [-0.1, -0.05) is 30.3 Å². The van der Waals surface area contributed by atoms with Gasteiger partial charge in [0, 0.05) is 0 Å². The van der Waals surface area contributed by atoms with Crippen LogP contribution in [0.4, 0.5) is 0 Å². The van der Waals surface area contributed by atoms with Gasteiger partial charge in [-0.3, -0.25) is 9.59 Å². The zero-order valence-corrected chi connectivity index (χ0v) is 11.2. The molecule has 4 nitrogen and oxygen atoms in total. The minimum Gasteiger partial charge on any atom is -0.345 e. The number of nitrogens with one attached hydrogen (secondary N) is 2. The van der Waals surface area contributed by atoms with E-state index in [9.17, 15) is 9.59 Å². The number of ketones is 1. The maximum atomic E-state index is 12.0. The first-order valence-electron chi connectivity index (χ1n) is 6.75. The van der Waals surface area contributed by atoms with Crippen molar-refractivity contribution >= 4 is 11.7 Å². The fourth-order valence-corrected chi connectivity index (χ4v) is 2.33. The van der Waals surface area contributed by atoms with E-state index in [-0.39, 0.29) is 17.7 Å². The van der Waals surface area contributed by atoms with Crippen LogP contribution in [0.2, 0.25) is 0 Å². The summed E-state index contributed by atoms with van der Waals surface area (Å²) in [6, 6.07) is 9.17. The van der Waals surface area contributed by atoms with Gasteiger partial charge in [-0.2, -0.15) is 0 Å². The van der Waals surface area contributed by atoms with Crippen molar-refractivity contribution < 1.29 is 9.59 Å². The van der Waals surface area contributed by atoms with Crippen LogP contribution in [-0.2, 0) is 16.0 Å². The SMILES string of the molecule is CC(=O)[C@H](Cc1ccccc1)NC(=O)C1CCCN1. The first kappa shape index (κ1) is 13.7. The smallest absolute Gasteiger partial charge is 0.237 e. The fourth-order valence-electron chi connectivity index (χ4n) is 2.33. The molecule has 1 aromatic carbocycles. The largest absolute Gasteiger partial charge is 0.345 e. The van der Waals surface area contributed by atoms with Gasteiger partial charge < -0.3 is 10.6 Å². The van der Waals surface area contributed by atoms with Gasteiger partial charge in [0.05, 0.1) is 12.1 Å². The van der Waals surface area contributed by atoms with Crippen LogP contribution in [-0.4, -0.2) is 30.3 Å². The molecule has 2 rings (SSSR count). The Bertz CT molecular complexity index is 439. The Kier molecular flexibility index (Phi) is 4.68. The molecule has 0 bridgehead atoms. The number of hydrogen-bond donors (Lipinski definition) is 2. The Labute approximate surface area is 113 Å². The number of carbonyl (C=O) groups is 2. The van der Waals surface area contributed by atoms with Gasteiger partial charge in [-0.25, -0.2) is 0 Å². The highest BCUT2D eigenvalue weighted by Crippen LogP contribution is 2.08. The van der Waals surface area contributed by atoms with Gasteiger partial charge in [0.15, 0.2) is 5.78 Å². The van der Waals surface area contributed by atoms with Crippen LogP contribution in [0.1, 0.15) is 25.3 Å². The van der Waals surface area contributed by atoms with Crippen LogP contribution < -0.4 is 10.6 Å². The highest BCUT2D eigenvalue weighted by Gasteiger charge is 2.25. The molecule has 1 aliphatic rings. The first-order valence-corrected chi connectivity index (χ1v) is 6.75. The number of benzene rings is 1. The summed E-state index contributed by atoms with van der Waals surface area (Å²) in [5.74, 6) is -0.0659. The molecule has 2 atom stereocenters. The van der Waals surface area contributed by atoms with Crippen molar-refractivity contribution in [1.82, 2.24) is 10.6 Å². The molecule has 1 heterocycles. The number of carbonyl (C=O) groups excluding carboxylic acids is 2. The standard InChI is InChI=1S/C15H20N2O2/c1-11(18)14(10-12-6-3-2-4-7-12)17-15(19)13-8-5-9-16-13/h2-4,6-7,13-14,16H,5,8-10H2,1H3,(H,17,19)/t13?,14-/m0/s1. The molecule has 1 aliphatic heterocycles. The summed E-state index contributed by atoms with van der Waals surface area (Å²) in [5, 5.41) is 6.00. The predicted octanol–water partition coefficient (Wildman–Crippen LogP) is 1.05. The van der Waals surface area contributed by atoms with Crippen LogP contribution in [0.15, 0.2) is 30.3 Å². The summed E-state index contributed by atoms with van der Waals surface area (Å²) in [6.45, 7) is 2.40. The predicted molar refractivity (Wildman–Crippen MR) is 73.8 cm³/mol. The maximum Gasteiger partial charge on any atom is 0.237 e. The highest BCUT2D eigenvalue weighted by molar-refractivity contribution is 5.90. The molecule has 1 unspecified atom stereocenters. The molecule has 0 spiro atoms. The van der Waals surface area contributed by atoms with Crippen molar-refractivity contribution in [3.05, 3.63) is 35.9 Å². The van der Waals surface area contributed by atoms with Crippen molar-refractivity contribution in [2.45, 2.75) is 38.3 Å². The maximum absolute atomic E-state index is 12.0. The quantitative estimate of drug-likeness (QED) is 0.832. The lowest BCUT2D eigenvalue weighted by molar-refractivity contribution is -0.127. The summed E-state index contributed by atoms with van der Waals surface area (Å²) in [6.07, 6.45) is 2.41. The van der Waals surface area contributed by atoms with E-state index in [2.05, 4.69) is 10.6 Å². The second-order valence-corrected chi connectivity index (χ2v) is 5.01. The summed E-state index contributed by atoms with van der Waals surface area (Å²) in [7, 11) is 0. The monoisotopic (exact) mass is 260 g/mol. The van der Waals surface area contributed by atoms with Gasteiger partial charge in [0.25, 0.3) is 0 Å². The molecule has 4 heteroatoms. The average Bonchev–Trinajstić information content (AvgIpc) is 2.93. The average molecular weight is 260 g/mol. The van der Waals surface area contributed by atoms with Crippen LogP contribution in [0.3, 0.4) is 0 Å². The van der Waals surface area contributed by atoms with Crippen molar-refractivity contribution in [2.24, 2.45) is 0 Å². The van der Waals surface area contributed by atoms with E-state index in [4.69, 9.17) is 0 Å². The number of rotatable bonds is 5. The van der Waals surface area contributed by atoms with Gasteiger partial charge in [0.2, 0.25) is 5.91 Å². The fraction of sp³-hybridized carbons (Fsp3) is 0.467. The third kappa shape index (κ3) is 3.89. The lowest BCUT2D eigenvalue weighted by Gasteiger charge is -2.18. The molecule has 1 amide bonds. The van der Waals surface area contributed by atoms with Crippen molar-refractivity contribution in [2.75, 3.05) is 6.54 Å². The van der Waals surface area contributed by atoms with Crippen molar-refractivity contribution in [1.29, 1.82) is 0 Å². The zero-order chi connectivity index (χ0) is 13.7. The third-order valence-corrected chi connectivity index (χ3v) is 3.47. The summed E-state index contributed by atoms with van der Waals surface area (Å²) >= 11 is 0. The van der Waals surface area contributed by atoms with Crippen LogP contribution in [0.5, 0.6) is 0 Å². The third-order valence-electron chi connectivity index (χ3n) is 3.47. The van der Waals surface area contributed by atoms with E-state index in [0.717, 1.165) is 24.9 Å². The number of amides is 1. The Morgan fingerprint density at radius 3 is 2.68 bits per heavy atom. The van der Waals surface area contributed by atoms with Crippen LogP contribution >= 0.6 is 0 Å². The topological polar surface area (TPSA) is 58.2 Å². The molecule has 0 aliphatic carbocycles. The molecule has 0 aromatic heterocycles. The van der Waals surface area contributed by atoms with Crippen molar-refractivity contribution in [3.8, 4) is 0 Å². The molecule has 1 fully saturated rings. The van der Waals surface area contributed by atoms with Gasteiger partial charge >= 0.3 is 0 Å². The summed E-state index contributed by atoms with van der Waals surface area (Å²) in [5.41, 5.74) is 1.06. The summed E-state index contributed by atoms with van der Waals surface area (Å²) < 4.78 is 0. The molecule has 1 aromatic rings. The minimum absolute atomic E-state index is 0.00444. The molecule has 1 saturated heterocycles. The Morgan fingerprint density at radius 1 is 1.37 bits per heavy atom. The van der Waals surface area contributed by atoms with Gasteiger partial charge in [0.1, 0.15) is 0 Å². The minimum atomic E-state index is -0.433. The van der Waals surface area contributed by atoms with E-state index in [1.54, 1.807) is 0 Å². The van der Waals surface area contributed by atoms with E-state index in [0.29, 0.717) is 6.42 Å². The second-order valence-electron chi connectivity index (χ2n) is 5.01. The van der Waals surface area contributed by atoms with Crippen LogP contribution in [0.25, 0.3) is 0 Å². The molecular formula is C15H20N2O2. The molecular weight excluding hydrogens is 240 g/mol.